The van der Waals surface area contributed by atoms with Gasteiger partial charge < -0.3 is 20.3 Å². The van der Waals surface area contributed by atoms with Crippen LogP contribution in [0.5, 0.6) is 5.75 Å². The van der Waals surface area contributed by atoms with E-state index >= 15 is 0 Å². The number of anilines is 2. The Bertz CT molecular complexity index is 1820. The number of urea groups is 1. The van der Waals surface area contributed by atoms with Crippen molar-refractivity contribution >= 4 is 28.7 Å². The largest absolute Gasteiger partial charge is 0.457 e. The molecule has 0 spiro atoms. The molecule has 50 heavy (non-hydrogen) atoms. The molecule has 0 atom stereocenters. The number of carbonyl (C=O) groups excluding carboxylic acids is 1. The maximum atomic E-state index is 13.1. The molecule has 1 aliphatic rings. The Morgan fingerprint density at radius 1 is 1.00 bits per heavy atom. The lowest BCUT2D eigenvalue weighted by molar-refractivity contribution is 0.242. The summed E-state index contributed by atoms with van der Waals surface area (Å²) in [6.45, 7) is 22.2. The molecule has 0 saturated carbocycles. The van der Waals surface area contributed by atoms with Gasteiger partial charge in [0.15, 0.2) is 0 Å². The minimum atomic E-state index is -0.584. The molecule has 0 unspecified atom stereocenters. The van der Waals surface area contributed by atoms with Crippen LogP contribution < -0.4 is 20.3 Å². The van der Waals surface area contributed by atoms with E-state index in [0.717, 1.165) is 71.7 Å². The molecule has 262 valence electrons. The van der Waals surface area contributed by atoms with E-state index in [1.807, 2.05) is 77.1 Å². The van der Waals surface area contributed by atoms with Crippen LogP contribution in [0.4, 0.5) is 16.2 Å². The van der Waals surface area contributed by atoms with Gasteiger partial charge in [0, 0.05) is 35.9 Å². The quantitative estimate of drug-likeness (QED) is 0.178. The summed E-state index contributed by atoms with van der Waals surface area (Å²) < 4.78 is 6.67. The van der Waals surface area contributed by atoms with Gasteiger partial charge in [0.2, 0.25) is 0 Å². The fourth-order valence-corrected chi connectivity index (χ4v) is 6.08. The van der Waals surface area contributed by atoms with E-state index < -0.39 is 5.54 Å². The van der Waals surface area contributed by atoms with Gasteiger partial charge >= 0.3 is 6.03 Å². The Hall–Kier alpha value is -5.10. The maximum Gasteiger partial charge on any atom is 0.319 e. The van der Waals surface area contributed by atoms with Crippen molar-refractivity contribution in [2.75, 3.05) is 23.3 Å². The third-order valence-corrected chi connectivity index (χ3v) is 8.92. The fraction of sp³-hybridized carbons (Fsp3) is 0.318. The lowest BCUT2D eigenvalue weighted by atomic mass is 9.92. The summed E-state index contributed by atoms with van der Waals surface area (Å²) in [6.07, 6.45) is 11.5. The number of nitrogens with one attached hydrogen (secondary N) is 2. The first-order chi connectivity index (χ1) is 23.9. The average Bonchev–Trinajstić information content (AvgIpc) is 3.09. The summed E-state index contributed by atoms with van der Waals surface area (Å²) in [7, 11) is 0. The molecule has 0 aliphatic heterocycles. The Balaban J connectivity index is 1.56. The van der Waals surface area contributed by atoms with Crippen LogP contribution in [-0.2, 0) is 5.54 Å². The molecule has 0 aromatic heterocycles. The molecule has 2 amide bonds. The molecule has 1 aliphatic carbocycles. The Kier molecular flexibility index (Phi) is 13.2. The monoisotopic (exact) mass is 670 g/mol. The average molecular weight is 671 g/mol. The molecule has 0 bridgehead atoms. The van der Waals surface area contributed by atoms with E-state index in [2.05, 4.69) is 103 Å². The molecule has 6 heteroatoms. The zero-order valence-corrected chi connectivity index (χ0v) is 31.2. The molecule has 0 saturated heterocycles. The first kappa shape index (κ1) is 37.7. The predicted molar refractivity (Wildman–Crippen MR) is 213 cm³/mol. The minimum Gasteiger partial charge on any atom is -0.457 e. The van der Waals surface area contributed by atoms with Crippen LogP contribution in [0.2, 0.25) is 0 Å². The summed E-state index contributed by atoms with van der Waals surface area (Å²) in [6, 6.07) is 23.9. The fourth-order valence-electron chi connectivity index (χ4n) is 6.08. The highest BCUT2D eigenvalue weighted by Crippen LogP contribution is 2.34. The number of hydrogen-bond donors (Lipinski definition) is 2. The number of carbonyl (C=O) groups is 1. The molecule has 3 aromatic carbocycles. The van der Waals surface area contributed by atoms with Crippen molar-refractivity contribution in [2.24, 2.45) is 4.99 Å². The number of nitrogens with zero attached hydrogens (tertiary/aromatic N) is 2. The van der Waals surface area contributed by atoms with E-state index in [9.17, 15) is 4.79 Å². The highest BCUT2D eigenvalue weighted by molar-refractivity contribution is 5.93. The normalized spacial score (nSPS) is 15.0. The van der Waals surface area contributed by atoms with Crippen LogP contribution in [0.15, 0.2) is 131 Å². The van der Waals surface area contributed by atoms with Gasteiger partial charge in [-0.1, -0.05) is 60.7 Å². The molecule has 3 aromatic rings. The van der Waals surface area contributed by atoms with Gasteiger partial charge in [0.05, 0.1) is 5.54 Å². The number of aryl methyl sites for hydroxylation is 1. The molecular formula is C44H54N4O2. The Morgan fingerprint density at radius 3 is 2.42 bits per heavy atom. The number of rotatable bonds is 13. The molecule has 6 nitrogen and oxygen atoms in total. The number of aliphatic imine (C=N–C) groups is 1. The molecule has 4 rings (SSSR count). The lowest BCUT2D eigenvalue weighted by Crippen LogP contribution is -2.43. The minimum absolute atomic E-state index is 0.282. The molecular weight excluding hydrogens is 617 g/mol. The van der Waals surface area contributed by atoms with Crippen LogP contribution in [0.25, 0.3) is 5.57 Å². The lowest BCUT2D eigenvalue weighted by Gasteiger charge is -2.27. The van der Waals surface area contributed by atoms with Crippen molar-refractivity contribution < 1.29 is 9.53 Å². The first-order valence-corrected chi connectivity index (χ1v) is 17.7. The zero-order valence-electron chi connectivity index (χ0n) is 31.2. The standard InChI is InChI=1S/C44H54N4O2/c1-10-45-33(6)22-24-35-17-14-18-36(25-23-34(7)48(11-2)41-21-13-12-16-32(41)5)42(35)50-40-28-26-39(27-29-40)46-43(49)47-44(8,9)38-20-15-19-37(30-38)31(3)4/h12-13,15-16,19-30H,3,10-11,14,17-18H2,1-2,4-9H3,(H2,46,47,49)/b24-22+,34-23+,36-25+,45-33-. The number of benzene rings is 3. The van der Waals surface area contributed by atoms with E-state index in [4.69, 9.17) is 4.74 Å². The Labute approximate surface area is 300 Å². The van der Waals surface area contributed by atoms with Crippen molar-refractivity contribution in [3.63, 3.8) is 0 Å². The van der Waals surface area contributed by atoms with E-state index in [0.29, 0.717) is 11.4 Å². The number of amides is 2. The smallest absolute Gasteiger partial charge is 0.319 e. The third kappa shape index (κ3) is 10.2. The van der Waals surface area contributed by atoms with E-state index in [1.54, 1.807) is 0 Å². The molecule has 0 heterocycles. The topological polar surface area (TPSA) is 66.0 Å². The summed E-state index contributed by atoms with van der Waals surface area (Å²) in [4.78, 5) is 20.0. The highest BCUT2D eigenvalue weighted by atomic mass is 16.5. The molecule has 2 N–H and O–H groups in total. The van der Waals surface area contributed by atoms with E-state index in [-0.39, 0.29) is 6.03 Å². The number of para-hydroxylation sites is 1. The molecule has 0 radical (unpaired) electrons. The SMILES string of the molecule is C=C(C)c1cccc(C(C)(C)NC(=O)Nc2ccc(OC3=C(/C=C/C(C)=N\CC)CCC/C3=C\C=C(/C)N(CC)c3ccccc3C)cc2)c1. The number of hydrogen-bond acceptors (Lipinski definition) is 4. The van der Waals surface area contributed by atoms with Gasteiger partial charge in [-0.05, 0) is 151 Å². The second-order valence-electron chi connectivity index (χ2n) is 13.4. The van der Waals surface area contributed by atoms with Crippen molar-refractivity contribution in [1.29, 1.82) is 0 Å². The second kappa shape index (κ2) is 17.5. The number of ether oxygens (including phenoxy) is 1. The van der Waals surface area contributed by atoms with Crippen LogP contribution in [0.1, 0.15) is 84.4 Å². The molecule has 0 fully saturated rings. The summed E-state index contributed by atoms with van der Waals surface area (Å²) in [5, 5.41) is 6.09. The van der Waals surface area contributed by atoms with Crippen LogP contribution in [0, 0.1) is 6.92 Å². The summed E-state index contributed by atoms with van der Waals surface area (Å²) in [5.74, 6) is 1.58. The van der Waals surface area contributed by atoms with Crippen LogP contribution in [-0.4, -0.2) is 24.8 Å². The Morgan fingerprint density at radius 2 is 1.74 bits per heavy atom. The van der Waals surface area contributed by atoms with Gasteiger partial charge in [-0.2, -0.15) is 0 Å². The van der Waals surface area contributed by atoms with Crippen molar-refractivity contribution in [3.8, 4) is 5.75 Å². The zero-order chi connectivity index (χ0) is 36.3. The van der Waals surface area contributed by atoms with Gasteiger partial charge in [-0.15, -0.1) is 0 Å². The predicted octanol–water partition coefficient (Wildman–Crippen LogP) is 11.3. The summed E-state index contributed by atoms with van der Waals surface area (Å²) >= 11 is 0. The second-order valence-corrected chi connectivity index (χ2v) is 13.4. The van der Waals surface area contributed by atoms with Gasteiger partial charge in [0.25, 0.3) is 0 Å². The van der Waals surface area contributed by atoms with Gasteiger partial charge in [-0.25, -0.2) is 4.79 Å². The maximum absolute atomic E-state index is 13.1. The van der Waals surface area contributed by atoms with Crippen LogP contribution >= 0.6 is 0 Å². The van der Waals surface area contributed by atoms with Gasteiger partial charge in [-0.3, -0.25) is 4.99 Å². The van der Waals surface area contributed by atoms with Crippen molar-refractivity contribution in [1.82, 2.24) is 5.32 Å². The first-order valence-electron chi connectivity index (χ1n) is 17.7. The van der Waals surface area contributed by atoms with Crippen LogP contribution in [0.3, 0.4) is 0 Å². The van der Waals surface area contributed by atoms with Crippen molar-refractivity contribution in [3.05, 3.63) is 143 Å². The van der Waals surface area contributed by atoms with Gasteiger partial charge in [0.1, 0.15) is 11.5 Å². The third-order valence-electron chi connectivity index (χ3n) is 8.92. The number of allylic oxidation sites excluding steroid dienone is 8. The van der Waals surface area contributed by atoms with E-state index in [1.165, 1.54) is 16.9 Å². The highest BCUT2D eigenvalue weighted by Gasteiger charge is 2.24. The summed E-state index contributed by atoms with van der Waals surface area (Å²) in [5.41, 5.74) is 10.1. The van der Waals surface area contributed by atoms with Crippen molar-refractivity contribution in [2.45, 2.75) is 80.2 Å².